The van der Waals surface area contributed by atoms with Crippen LogP contribution in [-0.2, 0) is 4.74 Å². The Hall–Kier alpha value is 0.620. The van der Waals surface area contributed by atoms with Crippen LogP contribution in [0.5, 0.6) is 0 Å². The monoisotopic (exact) mass is 301 g/mol. The Bertz CT molecular complexity index is 282. The molecule has 110 valence electrons. The number of ether oxygens (including phenoxy) is 1. The van der Waals surface area contributed by atoms with E-state index < -0.39 is 0 Å². The second-order valence-electron chi connectivity index (χ2n) is 6.41. The van der Waals surface area contributed by atoms with Gasteiger partial charge in [-0.15, -0.1) is 0 Å². The van der Waals surface area contributed by atoms with Gasteiger partial charge in [-0.2, -0.15) is 23.5 Å². The molecule has 1 aliphatic carbocycles. The van der Waals surface area contributed by atoms with Gasteiger partial charge < -0.3 is 10.5 Å². The topological polar surface area (TPSA) is 35.2 Å². The van der Waals surface area contributed by atoms with Gasteiger partial charge >= 0.3 is 0 Å². The van der Waals surface area contributed by atoms with E-state index in [1.165, 1.54) is 62.2 Å². The van der Waals surface area contributed by atoms with E-state index in [-0.39, 0.29) is 5.60 Å². The molecule has 1 saturated carbocycles. The van der Waals surface area contributed by atoms with Crippen molar-refractivity contribution >= 4 is 23.5 Å². The van der Waals surface area contributed by atoms with Gasteiger partial charge in [0.15, 0.2) is 0 Å². The maximum atomic E-state index is 6.62. The molecule has 3 atom stereocenters. The number of hydrogen-bond acceptors (Lipinski definition) is 4. The molecule has 0 bridgehead atoms. The van der Waals surface area contributed by atoms with Crippen LogP contribution in [0.4, 0.5) is 0 Å². The smallest absolute Gasteiger partial charge is 0.0685 e. The highest BCUT2D eigenvalue weighted by atomic mass is 32.2. The molecular formula is C15H27NOS2. The lowest BCUT2D eigenvalue weighted by molar-refractivity contribution is -0.120. The first-order chi connectivity index (χ1) is 9.29. The Morgan fingerprint density at radius 1 is 1.16 bits per heavy atom. The molecule has 0 amide bonds. The summed E-state index contributed by atoms with van der Waals surface area (Å²) in [6.07, 6.45) is 9.09. The van der Waals surface area contributed by atoms with Gasteiger partial charge in [-0.25, -0.2) is 0 Å². The summed E-state index contributed by atoms with van der Waals surface area (Å²) >= 11 is 4.20. The Morgan fingerprint density at radius 3 is 2.74 bits per heavy atom. The van der Waals surface area contributed by atoms with Gasteiger partial charge in [-0.05, 0) is 31.6 Å². The first-order valence-corrected chi connectivity index (χ1v) is 10.1. The average molecular weight is 302 g/mol. The van der Waals surface area contributed by atoms with Crippen molar-refractivity contribution in [2.75, 3.05) is 23.9 Å². The van der Waals surface area contributed by atoms with Crippen LogP contribution in [0.2, 0.25) is 0 Å². The molecule has 4 heteroatoms. The predicted molar refractivity (Wildman–Crippen MR) is 86.0 cm³/mol. The van der Waals surface area contributed by atoms with E-state index in [0.29, 0.717) is 17.2 Å². The highest BCUT2D eigenvalue weighted by Gasteiger charge is 2.41. The van der Waals surface area contributed by atoms with Crippen LogP contribution < -0.4 is 5.73 Å². The standard InChI is InChI=1S/C15H27NOS2/c16-14(13-11-18-8-9-19-13)12-4-7-17-15(10-12)5-2-1-3-6-15/h12-14H,1-11,16H2. The lowest BCUT2D eigenvalue weighted by Crippen LogP contribution is -2.50. The zero-order valence-electron chi connectivity index (χ0n) is 11.8. The number of thioether (sulfide) groups is 2. The molecule has 2 nitrogen and oxygen atoms in total. The van der Waals surface area contributed by atoms with Crippen molar-refractivity contribution in [2.24, 2.45) is 11.7 Å². The summed E-state index contributed by atoms with van der Waals surface area (Å²) in [6, 6.07) is 0.389. The minimum absolute atomic E-state index is 0.214. The van der Waals surface area contributed by atoms with Gasteiger partial charge in [-0.1, -0.05) is 19.3 Å². The summed E-state index contributed by atoms with van der Waals surface area (Å²) in [5.74, 6) is 4.56. The van der Waals surface area contributed by atoms with Gasteiger partial charge in [-0.3, -0.25) is 0 Å². The summed E-state index contributed by atoms with van der Waals surface area (Å²) in [5, 5.41) is 0.683. The van der Waals surface area contributed by atoms with Gasteiger partial charge in [0.25, 0.3) is 0 Å². The predicted octanol–water partition coefficient (Wildman–Crippen LogP) is 3.29. The molecule has 3 rings (SSSR count). The molecule has 2 heterocycles. The molecule has 0 aromatic carbocycles. The highest BCUT2D eigenvalue weighted by molar-refractivity contribution is 8.06. The molecule has 3 unspecified atom stereocenters. The van der Waals surface area contributed by atoms with E-state index in [4.69, 9.17) is 10.5 Å². The number of hydrogen-bond donors (Lipinski definition) is 1. The zero-order chi connectivity index (χ0) is 13.1. The van der Waals surface area contributed by atoms with E-state index in [0.717, 1.165) is 6.61 Å². The molecular weight excluding hydrogens is 274 g/mol. The third-order valence-electron chi connectivity index (χ3n) is 5.11. The SMILES string of the molecule is NC(C1CCOC2(CCCCC2)C1)C1CSCCS1. The van der Waals surface area contributed by atoms with Crippen molar-refractivity contribution in [1.82, 2.24) is 0 Å². The summed E-state index contributed by atoms with van der Waals surface area (Å²) in [7, 11) is 0. The Morgan fingerprint density at radius 2 is 2.00 bits per heavy atom. The Kier molecular flexibility index (Phi) is 5.05. The van der Waals surface area contributed by atoms with Crippen molar-refractivity contribution in [1.29, 1.82) is 0 Å². The van der Waals surface area contributed by atoms with Crippen LogP contribution in [0.15, 0.2) is 0 Å². The quantitative estimate of drug-likeness (QED) is 0.849. The average Bonchev–Trinajstić information content (AvgIpc) is 2.48. The van der Waals surface area contributed by atoms with Crippen molar-refractivity contribution in [3.05, 3.63) is 0 Å². The fourth-order valence-corrected chi connectivity index (χ4v) is 6.87. The molecule has 0 radical (unpaired) electrons. The van der Waals surface area contributed by atoms with Crippen molar-refractivity contribution in [2.45, 2.75) is 61.8 Å². The molecule has 19 heavy (non-hydrogen) atoms. The molecule has 3 fully saturated rings. The molecule has 2 aliphatic heterocycles. The van der Waals surface area contributed by atoms with Crippen LogP contribution in [0.25, 0.3) is 0 Å². The first kappa shape index (κ1) is 14.6. The van der Waals surface area contributed by atoms with E-state index in [9.17, 15) is 0 Å². The third-order valence-corrected chi connectivity index (χ3v) is 8.02. The Balaban J connectivity index is 1.60. The normalized spacial score (nSPS) is 37.1. The largest absolute Gasteiger partial charge is 0.375 e. The highest BCUT2D eigenvalue weighted by Crippen LogP contribution is 2.43. The molecule has 3 aliphatic rings. The van der Waals surface area contributed by atoms with Crippen molar-refractivity contribution in [3.8, 4) is 0 Å². The fraction of sp³-hybridized carbons (Fsp3) is 1.00. The molecule has 2 saturated heterocycles. The number of rotatable bonds is 2. The van der Waals surface area contributed by atoms with E-state index in [2.05, 4.69) is 23.5 Å². The van der Waals surface area contributed by atoms with E-state index in [1.807, 2.05) is 0 Å². The molecule has 0 aromatic rings. The van der Waals surface area contributed by atoms with Gasteiger partial charge in [0.2, 0.25) is 0 Å². The summed E-state index contributed by atoms with van der Waals surface area (Å²) < 4.78 is 6.21. The zero-order valence-corrected chi connectivity index (χ0v) is 13.4. The molecule has 0 aromatic heterocycles. The second kappa shape index (κ2) is 6.59. The van der Waals surface area contributed by atoms with E-state index in [1.54, 1.807) is 0 Å². The summed E-state index contributed by atoms with van der Waals surface area (Å²) in [6.45, 7) is 0.947. The maximum Gasteiger partial charge on any atom is 0.0685 e. The van der Waals surface area contributed by atoms with Crippen LogP contribution in [0, 0.1) is 5.92 Å². The van der Waals surface area contributed by atoms with Crippen LogP contribution in [0.3, 0.4) is 0 Å². The van der Waals surface area contributed by atoms with Gasteiger partial charge in [0.1, 0.15) is 0 Å². The van der Waals surface area contributed by atoms with Crippen LogP contribution >= 0.6 is 23.5 Å². The molecule has 1 spiro atoms. The minimum Gasteiger partial charge on any atom is -0.375 e. The third kappa shape index (κ3) is 3.45. The lowest BCUT2D eigenvalue weighted by atomic mass is 9.74. The summed E-state index contributed by atoms with van der Waals surface area (Å²) in [4.78, 5) is 0. The maximum absolute atomic E-state index is 6.62. The fourth-order valence-electron chi connectivity index (χ4n) is 3.97. The van der Waals surface area contributed by atoms with Crippen LogP contribution in [-0.4, -0.2) is 40.8 Å². The van der Waals surface area contributed by atoms with Crippen molar-refractivity contribution in [3.63, 3.8) is 0 Å². The first-order valence-electron chi connectivity index (χ1n) is 7.88. The van der Waals surface area contributed by atoms with E-state index >= 15 is 0 Å². The summed E-state index contributed by atoms with van der Waals surface area (Å²) in [5.41, 5.74) is 6.84. The second-order valence-corrected chi connectivity index (χ2v) is 8.90. The molecule has 2 N–H and O–H groups in total. The Labute approximate surface area is 126 Å². The van der Waals surface area contributed by atoms with Crippen LogP contribution in [0.1, 0.15) is 44.9 Å². The van der Waals surface area contributed by atoms with Crippen molar-refractivity contribution < 1.29 is 4.74 Å². The van der Waals surface area contributed by atoms with Gasteiger partial charge in [0.05, 0.1) is 5.60 Å². The minimum atomic E-state index is 0.214. The van der Waals surface area contributed by atoms with Gasteiger partial charge in [0, 0.05) is 35.2 Å². The lowest BCUT2D eigenvalue weighted by Gasteiger charge is -2.46. The number of nitrogens with two attached hydrogens (primary N) is 1.